The molecule has 2 aromatic carbocycles. The monoisotopic (exact) mass is 460 g/mol. The van der Waals surface area contributed by atoms with Gasteiger partial charge in [-0.3, -0.25) is 9.69 Å². The number of hydrogen-bond acceptors (Lipinski definition) is 6. The van der Waals surface area contributed by atoms with Crippen molar-refractivity contribution < 1.29 is 5.11 Å². The lowest BCUT2D eigenvalue weighted by Crippen LogP contribution is -2.34. The molecule has 4 rings (SSSR count). The highest BCUT2D eigenvalue weighted by molar-refractivity contribution is 5.82. The fourth-order valence-electron chi connectivity index (χ4n) is 4.61. The highest BCUT2D eigenvalue weighted by Gasteiger charge is 2.25. The van der Waals surface area contributed by atoms with Crippen molar-refractivity contribution in [3.05, 3.63) is 87.0 Å². The maximum atomic E-state index is 13.0. The van der Waals surface area contributed by atoms with Gasteiger partial charge in [0.25, 0.3) is 5.56 Å². The van der Waals surface area contributed by atoms with E-state index in [1.807, 2.05) is 35.9 Å². The van der Waals surface area contributed by atoms with Crippen molar-refractivity contribution in [3.8, 4) is 0 Å². The number of H-pyrrole nitrogens is 1. The second kappa shape index (κ2) is 10.7. The SMILES string of the molecule is CC[C@@H](c1nnnn1Cc1ccccc1)N(CCCO)Cc1cc2cc(C)cc(C)c2[nH]c1=O. The zero-order valence-corrected chi connectivity index (χ0v) is 20.0. The van der Waals surface area contributed by atoms with E-state index in [1.165, 1.54) is 0 Å². The molecule has 0 aliphatic heterocycles. The fraction of sp³-hybridized carbons (Fsp3) is 0.385. The number of rotatable bonds is 10. The molecule has 8 heteroatoms. The van der Waals surface area contributed by atoms with Gasteiger partial charge in [-0.25, -0.2) is 4.68 Å². The number of nitrogens with zero attached hydrogens (tertiary/aromatic N) is 5. The van der Waals surface area contributed by atoms with E-state index in [4.69, 9.17) is 0 Å². The maximum absolute atomic E-state index is 13.0. The number of hydrogen-bond donors (Lipinski definition) is 2. The molecule has 0 saturated carbocycles. The number of pyridine rings is 1. The summed E-state index contributed by atoms with van der Waals surface area (Å²) in [5.74, 6) is 0.758. The van der Waals surface area contributed by atoms with E-state index in [2.05, 4.69) is 63.5 Å². The fourth-order valence-corrected chi connectivity index (χ4v) is 4.61. The molecule has 0 aliphatic rings. The third-order valence-corrected chi connectivity index (χ3v) is 6.21. The Bertz CT molecular complexity index is 1300. The highest BCUT2D eigenvalue weighted by Crippen LogP contribution is 2.25. The summed E-state index contributed by atoms with van der Waals surface area (Å²) >= 11 is 0. The number of aryl methyl sites for hydroxylation is 2. The first-order chi connectivity index (χ1) is 16.5. The van der Waals surface area contributed by atoms with E-state index in [9.17, 15) is 9.90 Å². The molecule has 0 radical (unpaired) electrons. The standard InChI is InChI=1S/C26H32N6O2/c1-4-23(25-28-29-30-32(25)16-20-9-6-5-7-10-20)31(11-8-12-33)17-22-15-21-14-18(2)13-19(3)24(21)27-26(22)34/h5-7,9-10,13-15,23,33H,4,8,11-12,16-17H2,1-3H3,(H,27,34)/t23-/m0/s1. The summed E-state index contributed by atoms with van der Waals surface area (Å²) in [5, 5.41) is 23.1. The van der Waals surface area contributed by atoms with E-state index < -0.39 is 0 Å². The van der Waals surface area contributed by atoms with Gasteiger partial charge in [-0.1, -0.05) is 48.9 Å². The van der Waals surface area contributed by atoms with E-state index in [0.29, 0.717) is 31.6 Å². The average molecular weight is 461 g/mol. The van der Waals surface area contributed by atoms with Gasteiger partial charge >= 0.3 is 0 Å². The molecule has 2 aromatic heterocycles. The normalized spacial score (nSPS) is 12.5. The molecule has 34 heavy (non-hydrogen) atoms. The van der Waals surface area contributed by atoms with Crippen LogP contribution in [-0.2, 0) is 13.1 Å². The van der Waals surface area contributed by atoms with Crippen molar-refractivity contribution in [2.45, 2.75) is 52.7 Å². The number of tetrazole rings is 1. The summed E-state index contributed by atoms with van der Waals surface area (Å²) in [6, 6.07) is 16.1. The molecule has 2 heterocycles. The lowest BCUT2D eigenvalue weighted by molar-refractivity contribution is 0.152. The smallest absolute Gasteiger partial charge is 0.252 e. The number of aliphatic hydroxyl groups is 1. The van der Waals surface area contributed by atoms with Gasteiger partial charge in [-0.2, -0.15) is 0 Å². The van der Waals surface area contributed by atoms with Crippen LogP contribution in [0.25, 0.3) is 10.9 Å². The van der Waals surface area contributed by atoms with Crippen molar-refractivity contribution in [1.29, 1.82) is 0 Å². The van der Waals surface area contributed by atoms with Crippen LogP contribution in [0.3, 0.4) is 0 Å². The van der Waals surface area contributed by atoms with E-state index in [-0.39, 0.29) is 18.2 Å². The zero-order valence-electron chi connectivity index (χ0n) is 20.0. The number of benzene rings is 2. The second-order valence-electron chi connectivity index (χ2n) is 8.82. The first-order valence-corrected chi connectivity index (χ1v) is 11.8. The van der Waals surface area contributed by atoms with E-state index in [1.54, 1.807) is 0 Å². The molecule has 1 atom stereocenters. The van der Waals surface area contributed by atoms with Crippen LogP contribution in [0, 0.1) is 13.8 Å². The van der Waals surface area contributed by atoms with Crippen LogP contribution in [0.5, 0.6) is 0 Å². The third kappa shape index (κ3) is 5.24. The Labute approximate surface area is 199 Å². The first-order valence-electron chi connectivity index (χ1n) is 11.8. The summed E-state index contributed by atoms with van der Waals surface area (Å²) in [5.41, 5.74) is 4.81. The van der Waals surface area contributed by atoms with Gasteiger partial charge in [0.05, 0.1) is 18.1 Å². The van der Waals surface area contributed by atoms with Gasteiger partial charge in [-0.15, -0.1) is 5.10 Å². The number of aromatic nitrogens is 5. The number of aliphatic hydroxyl groups excluding tert-OH is 1. The Morgan fingerprint density at radius 2 is 1.94 bits per heavy atom. The molecule has 0 spiro atoms. The summed E-state index contributed by atoms with van der Waals surface area (Å²) in [7, 11) is 0. The van der Waals surface area contributed by atoms with Crippen LogP contribution >= 0.6 is 0 Å². The molecule has 0 aliphatic carbocycles. The minimum atomic E-state index is -0.0976. The van der Waals surface area contributed by atoms with Crippen molar-refractivity contribution in [2.24, 2.45) is 0 Å². The van der Waals surface area contributed by atoms with Gasteiger partial charge in [-0.05, 0) is 65.8 Å². The highest BCUT2D eigenvalue weighted by atomic mass is 16.3. The summed E-state index contributed by atoms with van der Waals surface area (Å²) in [4.78, 5) is 18.3. The number of aromatic amines is 1. The Balaban J connectivity index is 1.67. The molecule has 8 nitrogen and oxygen atoms in total. The molecule has 2 N–H and O–H groups in total. The average Bonchev–Trinajstić information content (AvgIpc) is 3.27. The lowest BCUT2D eigenvalue weighted by Gasteiger charge is -2.30. The van der Waals surface area contributed by atoms with Crippen LogP contribution in [0.1, 0.15) is 53.9 Å². The Morgan fingerprint density at radius 3 is 2.68 bits per heavy atom. The van der Waals surface area contributed by atoms with Gasteiger partial charge in [0, 0.05) is 25.3 Å². The topological polar surface area (TPSA) is 99.9 Å². The van der Waals surface area contributed by atoms with Crippen LogP contribution in [0.4, 0.5) is 0 Å². The molecule has 0 unspecified atom stereocenters. The van der Waals surface area contributed by atoms with Crippen LogP contribution < -0.4 is 5.56 Å². The van der Waals surface area contributed by atoms with Crippen LogP contribution in [-0.4, -0.2) is 48.3 Å². The minimum Gasteiger partial charge on any atom is -0.396 e. The van der Waals surface area contributed by atoms with Crippen LogP contribution in [0.2, 0.25) is 0 Å². The predicted octanol–water partition coefficient (Wildman–Crippen LogP) is 3.52. The largest absolute Gasteiger partial charge is 0.396 e. The summed E-state index contributed by atoms with van der Waals surface area (Å²) < 4.78 is 1.83. The molecule has 0 bridgehead atoms. The van der Waals surface area contributed by atoms with Crippen molar-refractivity contribution in [1.82, 2.24) is 30.1 Å². The van der Waals surface area contributed by atoms with Gasteiger partial charge in [0.15, 0.2) is 5.82 Å². The van der Waals surface area contributed by atoms with Gasteiger partial charge in [0.2, 0.25) is 0 Å². The Kier molecular flexibility index (Phi) is 7.49. The molecular weight excluding hydrogens is 428 g/mol. The second-order valence-corrected chi connectivity index (χ2v) is 8.82. The minimum absolute atomic E-state index is 0.0777. The van der Waals surface area contributed by atoms with Crippen LogP contribution in [0.15, 0.2) is 53.3 Å². The summed E-state index contributed by atoms with van der Waals surface area (Å²) in [6.07, 6.45) is 1.37. The molecule has 0 fully saturated rings. The molecular formula is C26H32N6O2. The quantitative estimate of drug-likeness (QED) is 0.376. The maximum Gasteiger partial charge on any atom is 0.252 e. The Morgan fingerprint density at radius 1 is 1.15 bits per heavy atom. The summed E-state index contributed by atoms with van der Waals surface area (Å²) in [6.45, 7) is 7.88. The first kappa shape index (κ1) is 23.8. The van der Waals surface area contributed by atoms with Crippen molar-refractivity contribution in [2.75, 3.05) is 13.2 Å². The number of fused-ring (bicyclic) bond motifs is 1. The third-order valence-electron chi connectivity index (χ3n) is 6.21. The van der Waals surface area contributed by atoms with E-state index in [0.717, 1.165) is 39.8 Å². The van der Waals surface area contributed by atoms with Gasteiger partial charge < -0.3 is 10.1 Å². The van der Waals surface area contributed by atoms with Crippen molar-refractivity contribution >= 4 is 10.9 Å². The van der Waals surface area contributed by atoms with E-state index >= 15 is 0 Å². The van der Waals surface area contributed by atoms with Crippen molar-refractivity contribution in [3.63, 3.8) is 0 Å². The molecule has 0 saturated heterocycles. The van der Waals surface area contributed by atoms with Gasteiger partial charge in [0.1, 0.15) is 0 Å². The zero-order chi connectivity index (χ0) is 24.1. The predicted molar refractivity (Wildman–Crippen MR) is 133 cm³/mol. The molecule has 4 aromatic rings. The lowest BCUT2D eigenvalue weighted by atomic mass is 10.0. The molecule has 178 valence electrons. The number of nitrogens with one attached hydrogen (secondary N) is 1. The molecule has 0 amide bonds. The Hall–Kier alpha value is -3.36.